The number of anilines is 1. The second-order valence-electron chi connectivity index (χ2n) is 9.10. The highest BCUT2D eigenvalue weighted by Crippen LogP contribution is 2.34. The Morgan fingerprint density at radius 1 is 1.24 bits per heavy atom. The van der Waals surface area contributed by atoms with Gasteiger partial charge in [0.15, 0.2) is 0 Å². The Kier molecular flexibility index (Phi) is 8.70. The molecule has 2 aromatic rings. The van der Waals surface area contributed by atoms with E-state index in [-0.39, 0.29) is 11.5 Å². The first kappa shape index (κ1) is 25.4. The molecular formula is C25H34N4O2S2. The number of unbranched alkanes of at least 4 members (excludes halogenated alkanes) is 1. The second kappa shape index (κ2) is 11.3. The van der Waals surface area contributed by atoms with E-state index in [2.05, 4.69) is 38.0 Å². The van der Waals surface area contributed by atoms with Crippen molar-refractivity contribution in [3.8, 4) is 0 Å². The third kappa shape index (κ3) is 6.03. The Labute approximate surface area is 205 Å². The van der Waals surface area contributed by atoms with Crippen LogP contribution in [-0.2, 0) is 4.79 Å². The number of nitrogens with one attached hydrogen (secondary N) is 1. The maximum atomic E-state index is 13.4. The summed E-state index contributed by atoms with van der Waals surface area (Å²) in [5, 5.41) is 3.30. The summed E-state index contributed by atoms with van der Waals surface area (Å²) in [6, 6.07) is 3.77. The third-order valence-electron chi connectivity index (χ3n) is 5.82. The van der Waals surface area contributed by atoms with Crippen LogP contribution in [0.15, 0.2) is 28.0 Å². The molecule has 1 fully saturated rings. The van der Waals surface area contributed by atoms with Gasteiger partial charge in [-0.2, -0.15) is 0 Å². The van der Waals surface area contributed by atoms with Crippen molar-refractivity contribution in [2.45, 2.75) is 60.3 Å². The lowest BCUT2D eigenvalue weighted by atomic mass is 9.99. The van der Waals surface area contributed by atoms with E-state index in [1.807, 2.05) is 19.1 Å². The number of nitrogens with zero attached hydrogens (tertiary/aromatic N) is 3. The van der Waals surface area contributed by atoms with Gasteiger partial charge in [0.25, 0.3) is 11.5 Å². The average molecular weight is 487 g/mol. The number of aromatic nitrogens is 2. The minimum Gasteiger partial charge on any atom is -0.369 e. The van der Waals surface area contributed by atoms with E-state index < -0.39 is 0 Å². The van der Waals surface area contributed by atoms with Crippen LogP contribution in [-0.4, -0.2) is 37.6 Å². The van der Waals surface area contributed by atoms with Crippen LogP contribution < -0.4 is 10.9 Å². The first-order valence-corrected chi connectivity index (χ1v) is 13.0. The molecule has 8 heteroatoms. The van der Waals surface area contributed by atoms with Crippen molar-refractivity contribution in [2.24, 2.45) is 11.8 Å². The van der Waals surface area contributed by atoms with Crippen molar-refractivity contribution in [2.75, 3.05) is 18.4 Å². The molecule has 3 rings (SSSR count). The van der Waals surface area contributed by atoms with Gasteiger partial charge in [0.2, 0.25) is 0 Å². The number of carbonyl (C=O) groups is 1. The van der Waals surface area contributed by atoms with Crippen LogP contribution >= 0.6 is 24.0 Å². The molecule has 1 atom stereocenters. The summed E-state index contributed by atoms with van der Waals surface area (Å²) in [7, 11) is 0. The molecule has 0 unspecified atom stereocenters. The first-order chi connectivity index (χ1) is 15.7. The van der Waals surface area contributed by atoms with Gasteiger partial charge >= 0.3 is 0 Å². The van der Waals surface area contributed by atoms with Gasteiger partial charge in [-0.25, -0.2) is 4.98 Å². The zero-order valence-electron chi connectivity index (χ0n) is 20.2. The second-order valence-corrected chi connectivity index (χ2v) is 10.8. The van der Waals surface area contributed by atoms with Gasteiger partial charge in [0.05, 0.1) is 10.5 Å². The number of carbonyl (C=O) groups excluding carboxylic acids is 1. The lowest BCUT2D eigenvalue weighted by molar-refractivity contribution is -0.122. The Balaban J connectivity index is 1.99. The predicted octanol–water partition coefficient (Wildman–Crippen LogP) is 5.49. The van der Waals surface area contributed by atoms with E-state index in [0.717, 1.165) is 31.2 Å². The number of amides is 1. The molecule has 2 aromatic heterocycles. The van der Waals surface area contributed by atoms with Crippen LogP contribution in [0.25, 0.3) is 11.7 Å². The molecule has 178 valence electrons. The maximum Gasteiger partial charge on any atom is 0.267 e. The number of hydrogen-bond acceptors (Lipinski definition) is 6. The van der Waals surface area contributed by atoms with Crippen molar-refractivity contribution in [3.05, 3.63) is 44.7 Å². The SMILES string of the molecule is CCCC[C@H](CC)CN1C(=O)/C(=C/c2c(NCC(C)C)nc3ccc(C)cn3c2=O)SC1=S. The number of hydrogen-bond donors (Lipinski definition) is 1. The number of thioether (sulfide) groups is 1. The van der Waals surface area contributed by atoms with Crippen LogP contribution in [0.5, 0.6) is 0 Å². The summed E-state index contributed by atoms with van der Waals surface area (Å²) in [5.41, 5.74) is 1.72. The lowest BCUT2D eigenvalue weighted by Gasteiger charge is -2.21. The molecule has 0 aliphatic carbocycles. The molecule has 1 saturated heterocycles. The number of aryl methyl sites for hydroxylation is 1. The van der Waals surface area contributed by atoms with Crippen LogP contribution in [0.4, 0.5) is 5.82 Å². The quantitative estimate of drug-likeness (QED) is 0.354. The number of rotatable bonds is 10. The molecule has 0 aromatic carbocycles. The highest BCUT2D eigenvalue weighted by atomic mass is 32.2. The van der Waals surface area contributed by atoms with Crippen molar-refractivity contribution in [3.63, 3.8) is 0 Å². The summed E-state index contributed by atoms with van der Waals surface area (Å²) in [4.78, 5) is 33.5. The van der Waals surface area contributed by atoms with Crippen molar-refractivity contribution < 1.29 is 4.79 Å². The number of thiocarbonyl (C=S) groups is 1. The zero-order chi connectivity index (χ0) is 24.1. The van der Waals surface area contributed by atoms with Gasteiger partial charge in [-0.1, -0.05) is 77.0 Å². The Morgan fingerprint density at radius 3 is 2.67 bits per heavy atom. The Morgan fingerprint density at radius 2 is 2.00 bits per heavy atom. The molecule has 0 bridgehead atoms. The Bertz CT molecular complexity index is 1120. The van der Waals surface area contributed by atoms with Gasteiger partial charge in [0.1, 0.15) is 15.8 Å². The van der Waals surface area contributed by atoms with E-state index in [9.17, 15) is 9.59 Å². The molecule has 0 radical (unpaired) electrons. The molecule has 6 nitrogen and oxygen atoms in total. The zero-order valence-corrected chi connectivity index (χ0v) is 21.8. The third-order valence-corrected chi connectivity index (χ3v) is 7.19. The molecule has 1 aliphatic heterocycles. The van der Waals surface area contributed by atoms with E-state index >= 15 is 0 Å². The van der Waals surface area contributed by atoms with Gasteiger partial charge in [-0.15, -0.1) is 0 Å². The van der Waals surface area contributed by atoms with Crippen molar-refractivity contribution in [1.82, 2.24) is 14.3 Å². The van der Waals surface area contributed by atoms with Crippen molar-refractivity contribution in [1.29, 1.82) is 0 Å². The fourth-order valence-corrected chi connectivity index (χ4v) is 5.05. The van der Waals surface area contributed by atoms with Gasteiger partial charge in [-0.3, -0.25) is 18.9 Å². The van der Waals surface area contributed by atoms with Crippen LogP contribution in [0.2, 0.25) is 0 Å². The molecule has 33 heavy (non-hydrogen) atoms. The van der Waals surface area contributed by atoms with E-state index in [1.165, 1.54) is 11.8 Å². The van der Waals surface area contributed by atoms with E-state index in [0.29, 0.717) is 51.2 Å². The number of pyridine rings is 1. The lowest BCUT2D eigenvalue weighted by Crippen LogP contribution is -2.33. The molecule has 0 spiro atoms. The topological polar surface area (TPSA) is 66.7 Å². The molecule has 1 amide bonds. The van der Waals surface area contributed by atoms with Crippen LogP contribution in [0, 0.1) is 18.8 Å². The summed E-state index contributed by atoms with van der Waals surface area (Å²) in [5.74, 6) is 1.18. The molecule has 0 saturated carbocycles. The van der Waals surface area contributed by atoms with Gasteiger partial charge < -0.3 is 5.32 Å². The standard InChI is InChI=1S/C25H34N4O2S2/c1-6-8-9-18(7-2)15-29-24(31)20(33-25(29)32)12-19-22(26-13-16(3)4)27-21-11-10-17(5)14-28(21)23(19)30/h10-12,14,16,18,26H,6-9,13,15H2,1-5H3/b20-12-/t18-/m0/s1. The minimum atomic E-state index is -0.199. The average Bonchev–Trinajstić information content (AvgIpc) is 3.04. The molecule has 1 N–H and O–H groups in total. The largest absolute Gasteiger partial charge is 0.369 e. The Hall–Kier alpha value is -2.19. The maximum absolute atomic E-state index is 13.4. The number of fused-ring (bicyclic) bond motifs is 1. The van der Waals surface area contributed by atoms with Crippen LogP contribution in [0.3, 0.4) is 0 Å². The van der Waals surface area contributed by atoms with Crippen molar-refractivity contribution >= 4 is 51.7 Å². The minimum absolute atomic E-state index is 0.122. The summed E-state index contributed by atoms with van der Waals surface area (Å²) in [6.45, 7) is 11.8. The first-order valence-electron chi connectivity index (χ1n) is 11.8. The van der Waals surface area contributed by atoms with E-state index in [4.69, 9.17) is 12.2 Å². The fraction of sp³-hybridized carbons (Fsp3) is 0.520. The fourth-order valence-electron chi connectivity index (χ4n) is 3.79. The molecule has 1 aliphatic rings. The smallest absolute Gasteiger partial charge is 0.267 e. The molecular weight excluding hydrogens is 452 g/mol. The monoisotopic (exact) mass is 486 g/mol. The van der Waals surface area contributed by atoms with Gasteiger partial charge in [0, 0.05) is 19.3 Å². The molecule has 3 heterocycles. The highest BCUT2D eigenvalue weighted by Gasteiger charge is 2.33. The highest BCUT2D eigenvalue weighted by molar-refractivity contribution is 8.26. The normalized spacial score (nSPS) is 16.4. The predicted molar refractivity (Wildman–Crippen MR) is 143 cm³/mol. The summed E-state index contributed by atoms with van der Waals surface area (Å²) < 4.78 is 2.10. The summed E-state index contributed by atoms with van der Waals surface area (Å²) in [6.07, 6.45) is 7.82. The van der Waals surface area contributed by atoms with Crippen LogP contribution in [0.1, 0.15) is 64.5 Å². The van der Waals surface area contributed by atoms with Gasteiger partial charge in [-0.05, 0) is 42.9 Å². The van der Waals surface area contributed by atoms with E-state index in [1.54, 1.807) is 21.6 Å². The summed E-state index contributed by atoms with van der Waals surface area (Å²) >= 11 is 6.82.